The van der Waals surface area contributed by atoms with E-state index in [4.69, 9.17) is 5.73 Å². The van der Waals surface area contributed by atoms with Gasteiger partial charge in [0.15, 0.2) is 0 Å². The van der Waals surface area contributed by atoms with Crippen LogP contribution in [0, 0.1) is 0 Å². The molecule has 2 aromatic rings. The molecule has 0 unspecified atom stereocenters. The Hall–Kier alpha value is -1.56. The van der Waals surface area contributed by atoms with E-state index in [-0.39, 0.29) is 18.0 Å². The van der Waals surface area contributed by atoms with Crippen LogP contribution in [-0.2, 0) is 11.3 Å². The molecule has 1 fully saturated rings. The molecular weight excluding hydrogens is 318 g/mol. The molecule has 2 aromatic carbocycles. The predicted octanol–water partition coefficient (Wildman–Crippen LogP) is 2.18. The van der Waals surface area contributed by atoms with Gasteiger partial charge in [0.05, 0.1) is 6.04 Å². The molecule has 2 atom stereocenters. The first kappa shape index (κ1) is 17.3. The number of likely N-dealkylation sites (tertiary alicyclic amines) is 1. The third kappa shape index (κ3) is 3.91. The summed E-state index contributed by atoms with van der Waals surface area (Å²) >= 11 is 4.24. The van der Waals surface area contributed by atoms with Crippen molar-refractivity contribution in [1.82, 2.24) is 10.2 Å². The number of hydrogen-bond donors (Lipinski definition) is 3. The summed E-state index contributed by atoms with van der Waals surface area (Å²) in [6.07, 6.45) is 1.95. The van der Waals surface area contributed by atoms with E-state index in [1.807, 2.05) is 18.2 Å². The van der Waals surface area contributed by atoms with E-state index < -0.39 is 0 Å². The highest BCUT2D eigenvalue weighted by atomic mass is 32.1. The molecule has 0 aliphatic carbocycles. The van der Waals surface area contributed by atoms with Crippen LogP contribution in [0.4, 0.5) is 0 Å². The average molecular weight is 343 g/mol. The number of rotatable bonds is 6. The molecule has 5 heteroatoms. The van der Waals surface area contributed by atoms with Crippen molar-refractivity contribution in [2.75, 3.05) is 18.8 Å². The van der Waals surface area contributed by atoms with Gasteiger partial charge < -0.3 is 11.1 Å². The van der Waals surface area contributed by atoms with Gasteiger partial charge in [-0.05, 0) is 35.7 Å². The second-order valence-corrected chi connectivity index (χ2v) is 6.82. The molecule has 1 aliphatic rings. The fraction of sp³-hybridized carbons (Fsp3) is 0.421. The van der Waals surface area contributed by atoms with Gasteiger partial charge in [-0.3, -0.25) is 9.69 Å². The Morgan fingerprint density at radius 1 is 1.29 bits per heavy atom. The number of nitrogens with two attached hydrogens (primary N) is 1. The average Bonchev–Trinajstić information content (AvgIpc) is 3.07. The molecule has 24 heavy (non-hydrogen) atoms. The summed E-state index contributed by atoms with van der Waals surface area (Å²) in [5, 5.41) is 5.51. The van der Waals surface area contributed by atoms with E-state index in [0.717, 1.165) is 31.5 Å². The molecule has 1 amide bonds. The van der Waals surface area contributed by atoms with Crippen LogP contribution in [-0.4, -0.2) is 41.7 Å². The quantitative estimate of drug-likeness (QED) is 0.705. The fourth-order valence-corrected chi connectivity index (χ4v) is 3.56. The van der Waals surface area contributed by atoms with Gasteiger partial charge in [-0.1, -0.05) is 42.5 Å². The summed E-state index contributed by atoms with van der Waals surface area (Å²) < 4.78 is 0. The Kier molecular flexibility index (Phi) is 5.76. The van der Waals surface area contributed by atoms with Crippen molar-refractivity contribution in [3.63, 3.8) is 0 Å². The number of carbonyl (C=O) groups excluding carboxylic acids is 1. The molecule has 4 nitrogen and oxygen atoms in total. The first-order valence-electron chi connectivity index (χ1n) is 8.54. The maximum Gasteiger partial charge on any atom is 0.237 e. The van der Waals surface area contributed by atoms with Crippen LogP contribution < -0.4 is 11.1 Å². The fourth-order valence-electron chi connectivity index (χ4n) is 3.45. The van der Waals surface area contributed by atoms with Crippen LogP contribution in [0.2, 0.25) is 0 Å². The Bertz CT molecular complexity index is 701. The van der Waals surface area contributed by atoms with Crippen molar-refractivity contribution in [3.8, 4) is 0 Å². The SMILES string of the molecule is N[C@@H](CS)CN1CCC[C@H]1C(=O)NCc1cccc2ccccc12. The van der Waals surface area contributed by atoms with Gasteiger partial charge >= 0.3 is 0 Å². The third-order valence-electron chi connectivity index (χ3n) is 4.70. The lowest BCUT2D eigenvalue weighted by Crippen LogP contribution is -2.47. The summed E-state index contributed by atoms with van der Waals surface area (Å²) in [5.74, 6) is 0.743. The van der Waals surface area contributed by atoms with E-state index >= 15 is 0 Å². The molecule has 0 spiro atoms. The van der Waals surface area contributed by atoms with Crippen LogP contribution in [0.5, 0.6) is 0 Å². The molecule has 1 heterocycles. The van der Waals surface area contributed by atoms with Gasteiger partial charge in [0.1, 0.15) is 0 Å². The summed E-state index contributed by atoms with van der Waals surface area (Å²) in [5.41, 5.74) is 7.14. The zero-order valence-corrected chi connectivity index (χ0v) is 14.7. The Labute approximate surface area is 148 Å². The van der Waals surface area contributed by atoms with Crippen molar-refractivity contribution in [1.29, 1.82) is 0 Å². The highest BCUT2D eigenvalue weighted by Crippen LogP contribution is 2.20. The van der Waals surface area contributed by atoms with Crippen LogP contribution in [0.25, 0.3) is 10.8 Å². The van der Waals surface area contributed by atoms with Crippen LogP contribution >= 0.6 is 12.6 Å². The van der Waals surface area contributed by atoms with E-state index in [0.29, 0.717) is 12.3 Å². The van der Waals surface area contributed by atoms with Crippen molar-refractivity contribution in [2.24, 2.45) is 5.73 Å². The van der Waals surface area contributed by atoms with Crippen molar-refractivity contribution in [3.05, 3.63) is 48.0 Å². The van der Waals surface area contributed by atoms with Crippen molar-refractivity contribution < 1.29 is 4.79 Å². The van der Waals surface area contributed by atoms with Crippen molar-refractivity contribution in [2.45, 2.75) is 31.5 Å². The largest absolute Gasteiger partial charge is 0.351 e. The normalized spacial score (nSPS) is 19.5. The topological polar surface area (TPSA) is 58.4 Å². The summed E-state index contributed by atoms with van der Waals surface area (Å²) in [4.78, 5) is 14.8. The Morgan fingerprint density at radius 2 is 2.08 bits per heavy atom. The van der Waals surface area contributed by atoms with E-state index in [2.05, 4.69) is 47.1 Å². The molecule has 0 bridgehead atoms. The lowest BCUT2D eigenvalue weighted by Gasteiger charge is -2.26. The second-order valence-electron chi connectivity index (χ2n) is 6.45. The van der Waals surface area contributed by atoms with Gasteiger partial charge in [-0.25, -0.2) is 0 Å². The number of fused-ring (bicyclic) bond motifs is 1. The molecule has 1 saturated heterocycles. The molecule has 0 aromatic heterocycles. The van der Waals surface area contributed by atoms with Gasteiger partial charge in [0, 0.05) is 24.9 Å². The number of benzene rings is 2. The lowest BCUT2D eigenvalue weighted by atomic mass is 10.0. The monoisotopic (exact) mass is 343 g/mol. The minimum Gasteiger partial charge on any atom is -0.351 e. The summed E-state index contributed by atoms with van der Waals surface area (Å²) in [6, 6.07) is 14.4. The molecule has 0 saturated carbocycles. The maximum absolute atomic E-state index is 12.6. The molecular formula is C19H25N3OS. The van der Waals surface area contributed by atoms with E-state index in [9.17, 15) is 4.79 Å². The molecule has 3 N–H and O–H groups in total. The summed E-state index contributed by atoms with van der Waals surface area (Å²) in [7, 11) is 0. The van der Waals surface area contributed by atoms with Gasteiger partial charge in [-0.15, -0.1) is 0 Å². The Balaban J connectivity index is 1.64. The number of nitrogens with one attached hydrogen (secondary N) is 1. The van der Waals surface area contributed by atoms with Crippen LogP contribution in [0.15, 0.2) is 42.5 Å². The highest BCUT2D eigenvalue weighted by molar-refractivity contribution is 7.80. The predicted molar refractivity (Wildman–Crippen MR) is 102 cm³/mol. The van der Waals surface area contributed by atoms with Crippen LogP contribution in [0.1, 0.15) is 18.4 Å². The number of hydrogen-bond acceptors (Lipinski definition) is 4. The highest BCUT2D eigenvalue weighted by Gasteiger charge is 2.31. The number of nitrogens with zero attached hydrogens (tertiary/aromatic N) is 1. The summed E-state index contributed by atoms with van der Waals surface area (Å²) in [6.45, 7) is 2.23. The lowest BCUT2D eigenvalue weighted by molar-refractivity contribution is -0.125. The minimum absolute atomic E-state index is 0.0137. The first-order chi connectivity index (χ1) is 11.7. The number of thiol groups is 1. The smallest absolute Gasteiger partial charge is 0.237 e. The third-order valence-corrected chi connectivity index (χ3v) is 5.17. The zero-order chi connectivity index (χ0) is 16.9. The minimum atomic E-state index is -0.0640. The first-order valence-corrected chi connectivity index (χ1v) is 9.17. The van der Waals surface area contributed by atoms with Gasteiger partial charge in [0.25, 0.3) is 0 Å². The van der Waals surface area contributed by atoms with E-state index in [1.165, 1.54) is 10.8 Å². The van der Waals surface area contributed by atoms with Crippen LogP contribution in [0.3, 0.4) is 0 Å². The number of carbonyl (C=O) groups is 1. The maximum atomic E-state index is 12.6. The molecule has 0 radical (unpaired) electrons. The van der Waals surface area contributed by atoms with Gasteiger partial charge in [0.2, 0.25) is 5.91 Å². The van der Waals surface area contributed by atoms with E-state index in [1.54, 1.807) is 0 Å². The Morgan fingerprint density at radius 3 is 2.92 bits per heavy atom. The molecule has 128 valence electrons. The molecule has 1 aliphatic heterocycles. The van der Waals surface area contributed by atoms with Gasteiger partial charge in [-0.2, -0.15) is 12.6 Å². The standard InChI is InChI=1S/C19H25N3OS/c20-16(13-24)12-22-10-4-9-18(22)19(23)21-11-15-7-3-6-14-5-1-2-8-17(14)15/h1-3,5-8,16,18,24H,4,9-13,20H2,(H,21,23)/t16-,18+/m1/s1. The zero-order valence-electron chi connectivity index (χ0n) is 13.8. The second kappa shape index (κ2) is 8.01. The molecule has 3 rings (SSSR count). The van der Waals surface area contributed by atoms with Crippen molar-refractivity contribution >= 4 is 29.3 Å². The number of amides is 1.